The van der Waals surface area contributed by atoms with Crippen molar-refractivity contribution in [3.63, 3.8) is 0 Å². The first-order chi connectivity index (χ1) is 24.2. The fraction of sp³-hybridized carbons (Fsp3) is 0.667. The third-order valence-corrected chi connectivity index (χ3v) is 14.5. The van der Waals surface area contributed by atoms with Crippen LogP contribution in [0.2, 0.25) is 5.02 Å². The number of ether oxygens (including phenoxy) is 3. The first kappa shape index (κ1) is 36.0. The molecule has 0 unspecified atom stereocenters. The summed E-state index contributed by atoms with van der Waals surface area (Å²) in [6.45, 7) is 9.47. The predicted molar refractivity (Wildman–Crippen MR) is 196 cm³/mol. The van der Waals surface area contributed by atoms with E-state index in [1.807, 2.05) is 25.1 Å². The van der Waals surface area contributed by atoms with E-state index in [-0.39, 0.29) is 18.1 Å². The molecule has 2 aromatic carbocycles. The van der Waals surface area contributed by atoms with Crippen molar-refractivity contribution >= 4 is 33.2 Å². The molecule has 50 heavy (non-hydrogen) atoms. The first-order valence-electron chi connectivity index (χ1n) is 19.0. The molecule has 0 spiro atoms. The number of halogens is 1. The summed E-state index contributed by atoms with van der Waals surface area (Å²) in [7, 11) is -3.90. The molecule has 2 aromatic rings. The maximum absolute atomic E-state index is 13.5. The number of hydrogen-bond acceptors (Lipinski definition) is 8. The number of sulfonamides is 1. The van der Waals surface area contributed by atoms with E-state index >= 15 is 0 Å². The molecule has 11 heteroatoms. The topological polar surface area (TPSA) is 97.4 Å². The molecule has 274 valence electrons. The van der Waals surface area contributed by atoms with Gasteiger partial charge in [-0.3, -0.25) is 9.69 Å². The number of rotatable bonds is 2. The van der Waals surface area contributed by atoms with E-state index in [0.29, 0.717) is 49.0 Å². The van der Waals surface area contributed by atoms with Gasteiger partial charge in [-0.05, 0) is 131 Å². The Hall–Kier alpha value is -2.37. The minimum absolute atomic E-state index is 0.114. The SMILES string of the molecule is C[C@@H]1[C@@H](C)CCC[C@H]([C@H]2OC[C@@H](N3CCC3)CO2)[C@@H]2CC[C@H]2CN2CCCCc3cc(Cl)ccc3CCOc3ccc(cc32)C(=O)NS1(=O)=O. The van der Waals surface area contributed by atoms with Crippen LogP contribution in [0.1, 0.15) is 86.7 Å². The normalized spacial score (nSPS) is 32.7. The largest absolute Gasteiger partial charge is 0.491 e. The molecule has 2 saturated heterocycles. The van der Waals surface area contributed by atoms with Gasteiger partial charge in [-0.25, -0.2) is 13.1 Å². The Kier molecular flexibility index (Phi) is 11.3. The van der Waals surface area contributed by atoms with Crippen LogP contribution < -0.4 is 14.4 Å². The number of nitrogens with zero attached hydrogens (tertiary/aromatic N) is 2. The van der Waals surface area contributed by atoms with E-state index in [2.05, 4.69) is 26.7 Å². The lowest BCUT2D eigenvalue weighted by Gasteiger charge is -2.49. The van der Waals surface area contributed by atoms with Crippen molar-refractivity contribution < 1.29 is 27.4 Å². The number of hydrogen-bond donors (Lipinski definition) is 1. The Morgan fingerprint density at radius 2 is 1.66 bits per heavy atom. The van der Waals surface area contributed by atoms with Crippen molar-refractivity contribution in [2.24, 2.45) is 23.7 Å². The second-order valence-electron chi connectivity index (χ2n) is 15.4. The van der Waals surface area contributed by atoms with Gasteiger partial charge in [0.25, 0.3) is 5.91 Å². The summed E-state index contributed by atoms with van der Waals surface area (Å²) in [5, 5.41) is 0.0447. The van der Waals surface area contributed by atoms with Crippen molar-refractivity contribution in [1.29, 1.82) is 0 Å². The lowest BCUT2D eigenvalue weighted by atomic mass is 9.65. The monoisotopic (exact) mass is 727 g/mol. The molecule has 7 rings (SSSR count). The molecule has 4 heterocycles. The summed E-state index contributed by atoms with van der Waals surface area (Å²) in [4.78, 5) is 18.4. The highest BCUT2D eigenvalue weighted by atomic mass is 35.5. The number of nitrogens with one attached hydrogen (secondary N) is 1. The van der Waals surface area contributed by atoms with E-state index in [4.69, 9.17) is 25.8 Å². The fourth-order valence-electron chi connectivity index (χ4n) is 8.69. The molecule has 1 aliphatic carbocycles. The molecular weight excluding hydrogens is 674 g/mol. The summed E-state index contributed by atoms with van der Waals surface area (Å²) in [5.41, 5.74) is 3.69. The van der Waals surface area contributed by atoms with Crippen LogP contribution in [0.5, 0.6) is 5.75 Å². The number of amides is 1. The molecule has 2 bridgehead atoms. The average Bonchev–Trinajstić information content (AvgIpc) is 3.06. The average molecular weight is 728 g/mol. The minimum atomic E-state index is -3.90. The number of anilines is 1. The van der Waals surface area contributed by atoms with E-state index in [9.17, 15) is 13.2 Å². The zero-order valence-corrected chi connectivity index (χ0v) is 31.2. The fourth-order valence-corrected chi connectivity index (χ4v) is 10.2. The van der Waals surface area contributed by atoms with Crippen LogP contribution in [0.25, 0.3) is 0 Å². The minimum Gasteiger partial charge on any atom is -0.491 e. The Labute approximate surface area is 303 Å². The Balaban J connectivity index is 1.19. The zero-order valence-electron chi connectivity index (χ0n) is 29.7. The van der Waals surface area contributed by atoms with Gasteiger partial charge in [0.2, 0.25) is 10.0 Å². The number of benzene rings is 2. The van der Waals surface area contributed by atoms with E-state index < -0.39 is 21.2 Å². The molecule has 3 fully saturated rings. The van der Waals surface area contributed by atoms with Gasteiger partial charge in [-0.2, -0.15) is 0 Å². The molecule has 0 aromatic heterocycles. The Morgan fingerprint density at radius 1 is 0.840 bits per heavy atom. The van der Waals surface area contributed by atoms with Crippen molar-refractivity contribution in [3.05, 3.63) is 58.1 Å². The van der Waals surface area contributed by atoms with Gasteiger partial charge in [0, 0.05) is 36.0 Å². The summed E-state index contributed by atoms with van der Waals surface area (Å²) >= 11 is 6.40. The summed E-state index contributed by atoms with van der Waals surface area (Å²) < 4.78 is 49.0. The third-order valence-electron chi connectivity index (χ3n) is 12.3. The van der Waals surface area contributed by atoms with Crippen molar-refractivity contribution in [3.8, 4) is 5.75 Å². The first-order valence-corrected chi connectivity index (χ1v) is 20.9. The lowest BCUT2D eigenvalue weighted by Crippen LogP contribution is -2.55. The van der Waals surface area contributed by atoms with Crippen LogP contribution in [-0.4, -0.2) is 82.8 Å². The second kappa shape index (κ2) is 15.7. The standard InChI is InChI=1S/C39H54ClN3O6S/c1-26-7-5-9-35(39-48-24-33(25-49-39)42-18-6-19-42)34-14-11-31(34)23-43-17-4-3-8-29-21-32(40)13-10-28(29)16-20-47-37-15-12-30(22-36(37)43)38(44)41-50(45,46)27(26)2/h10,12-13,15,21-22,26-27,31,33-35,39H,3-9,11,14,16-20,23-25H2,1-2H3,(H,41,44)/t26-,27+,31-,33-,34+,35-,39+/m0/s1. The maximum Gasteiger partial charge on any atom is 0.264 e. The predicted octanol–water partition coefficient (Wildman–Crippen LogP) is 6.46. The number of aryl methyl sites for hydroxylation is 1. The van der Waals surface area contributed by atoms with Crippen molar-refractivity contribution in [1.82, 2.24) is 9.62 Å². The van der Waals surface area contributed by atoms with Gasteiger partial charge in [0.15, 0.2) is 6.29 Å². The molecule has 4 aliphatic heterocycles. The molecule has 9 nitrogen and oxygen atoms in total. The highest BCUT2D eigenvalue weighted by Gasteiger charge is 2.44. The molecular formula is C39H54ClN3O6S. The second-order valence-corrected chi connectivity index (χ2v) is 17.9. The van der Waals surface area contributed by atoms with Gasteiger partial charge in [0.05, 0.1) is 36.8 Å². The van der Waals surface area contributed by atoms with Crippen LogP contribution in [-0.2, 0) is 32.3 Å². The summed E-state index contributed by atoms with van der Waals surface area (Å²) in [6.07, 6.45) is 9.48. The highest BCUT2D eigenvalue weighted by molar-refractivity contribution is 7.90. The van der Waals surface area contributed by atoms with Crippen LogP contribution in [0.15, 0.2) is 36.4 Å². The van der Waals surface area contributed by atoms with Crippen LogP contribution in [0.4, 0.5) is 5.69 Å². The Morgan fingerprint density at radius 3 is 2.40 bits per heavy atom. The van der Waals surface area contributed by atoms with Gasteiger partial charge >= 0.3 is 0 Å². The molecule has 0 radical (unpaired) electrons. The summed E-state index contributed by atoms with van der Waals surface area (Å²) in [6, 6.07) is 11.8. The maximum atomic E-state index is 13.5. The lowest BCUT2D eigenvalue weighted by molar-refractivity contribution is -0.246. The van der Waals surface area contributed by atoms with E-state index in [1.165, 1.54) is 17.5 Å². The van der Waals surface area contributed by atoms with Crippen LogP contribution >= 0.6 is 11.6 Å². The van der Waals surface area contributed by atoms with Gasteiger partial charge in [-0.1, -0.05) is 31.0 Å². The quantitative estimate of drug-likeness (QED) is 0.377. The number of fused-ring (bicyclic) bond motifs is 3. The van der Waals surface area contributed by atoms with Crippen molar-refractivity contribution in [2.75, 3.05) is 50.9 Å². The number of carbonyl (C=O) groups excluding carboxylic acids is 1. The highest BCUT2D eigenvalue weighted by Crippen LogP contribution is 2.46. The van der Waals surface area contributed by atoms with Crippen LogP contribution in [0.3, 0.4) is 0 Å². The molecule has 5 atom stereocenters. The van der Waals surface area contributed by atoms with E-state index in [0.717, 1.165) is 94.7 Å². The molecule has 5 aliphatic rings. The third kappa shape index (κ3) is 7.99. The Bertz CT molecular complexity index is 1610. The summed E-state index contributed by atoms with van der Waals surface area (Å²) in [5.74, 6) is 1.14. The smallest absolute Gasteiger partial charge is 0.264 e. The number of carbonyl (C=O) groups is 1. The number of likely N-dealkylation sites (tertiary alicyclic amines) is 1. The molecule has 1 N–H and O–H groups in total. The zero-order chi connectivity index (χ0) is 34.8. The van der Waals surface area contributed by atoms with Gasteiger partial charge < -0.3 is 19.1 Å². The van der Waals surface area contributed by atoms with Gasteiger partial charge in [0.1, 0.15) is 5.75 Å². The molecule has 1 saturated carbocycles. The van der Waals surface area contributed by atoms with Gasteiger partial charge in [-0.15, -0.1) is 0 Å². The molecule has 1 amide bonds. The van der Waals surface area contributed by atoms with Crippen molar-refractivity contribution in [2.45, 2.75) is 95.6 Å². The van der Waals surface area contributed by atoms with Crippen LogP contribution in [0, 0.1) is 23.7 Å². The van der Waals surface area contributed by atoms with E-state index in [1.54, 1.807) is 13.0 Å².